The summed E-state index contributed by atoms with van der Waals surface area (Å²) in [6, 6.07) is 13.2. The predicted octanol–water partition coefficient (Wildman–Crippen LogP) is 2.36. The van der Waals surface area contributed by atoms with E-state index in [1.165, 1.54) is 7.11 Å². The number of carbonyl (C=O) groups is 2. The zero-order valence-electron chi connectivity index (χ0n) is 14.4. The largest absolute Gasteiger partial charge is 0.486 e. The Labute approximate surface area is 151 Å². The van der Waals surface area contributed by atoms with Crippen LogP contribution in [-0.2, 0) is 16.0 Å². The van der Waals surface area contributed by atoms with Crippen molar-refractivity contribution in [1.82, 2.24) is 5.32 Å². The molecule has 0 saturated heterocycles. The third-order valence-corrected chi connectivity index (χ3v) is 3.87. The molecular weight excluding hydrogens is 336 g/mol. The molecule has 0 bridgehead atoms. The van der Waals surface area contributed by atoms with Gasteiger partial charge in [0, 0.05) is 18.2 Å². The lowest BCUT2D eigenvalue weighted by molar-refractivity contribution is -0.142. The number of carbonyl (C=O) groups excluding carboxylic acids is 2. The van der Waals surface area contributed by atoms with Gasteiger partial charge in [-0.2, -0.15) is 0 Å². The summed E-state index contributed by atoms with van der Waals surface area (Å²) < 4.78 is 15.7. The summed E-state index contributed by atoms with van der Waals surface area (Å²) in [6.07, 6.45) is 0.335. The smallest absolute Gasteiger partial charge is 0.328 e. The molecule has 2 N–H and O–H groups in total. The molecule has 0 radical (unpaired) electrons. The van der Waals surface area contributed by atoms with Crippen LogP contribution >= 0.6 is 0 Å². The summed E-state index contributed by atoms with van der Waals surface area (Å²) in [6.45, 7) is 0.963. The molecule has 3 rings (SSSR count). The molecule has 2 amide bonds. The molecule has 0 unspecified atom stereocenters. The van der Waals surface area contributed by atoms with Crippen molar-refractivity contribution in [3.05, 3.63) is 54.1 Å². The Balaban J connectivity index is 1.65. The molecule has 26 heavy (non-hydrogen) atoms. The number of anilines is 1. The van der Waals surface area contributed by atoms with Gasteiger partial charge in [0.2, 0.25) is 0 Å². The number of methoxy groups -OCH3 is 1. The fourth-order valence-electron chi connectivity index (χ4n) is 2.63. The Morgan fingerprint density at radius 3 is 2.54 bits per heavy atom. The van der Waals surface area contributed by atoms with E-state index in [2.05, 4.69) is 10.6 Å². The molecule has 136 valence electrons. The van der Waals surface area contributed by atoms with Crippen LogP contribution in [0.25, 0.3) is 0 Å². The van der Waals surface area contributed by atoms with Crippen molar-refractivity contribution < 1.29 is 23.8 Å². The Bertz CT molecular complexity index is 779. The first-order valence-corrected chi connectivity index (χ1v) is 8.24. The van der Waals surface area contributed by atoms with Crippen LogP contribution in [0.15, 0.2) is 48.5 Å². The van der Waals surface area contributed by atoms with Gasteiger partial charge in [-0.15, -0.1) is 0 Å². The third kappa shape index (κ3) is 4.44. The maximum absolute atomic E-state index is 12.3. The highest BCUT2D eigenvalue weighted by Gasteiger charge is 2.22. The lowest BCUT2D eigenvalue weighted by atomic mass is 10.1. The SMILES string of the molecule is COC(=O)[C@H](Cc1ccccc1)NC(=O)Nc1ccc2c(c1)OCCO2. The number of ether oxygens (including phenoxy) is 3. The van der Waals surface area contributed by atoms with Crippen LogP contribution in [0.4, 0.5) is 10.5 Å². The van der Waals surface area contributed by atoms with Crippen LogP contribution in [0.5, 0.6) is 11.5 Å². The second-order valence-electron chi connectivity index (χ2n) is 5.72. The summed E-state index contributed by atoms with van der Waals surface area (Å²) in [4.78, 5) is 24.3. The van der Waals surface area contributed by atoms with Gasteiger partial charge in [0.15, 0.2) is 11.5 Å². The summed E-state index contributed by atoms with van der Waals surface area (Å²) in [7, 11) is 1.29. The van der Waals surface area contributed by atoms with Crippen LogP contribution in [0.1, 0.15) is 5.56 Å². The molecule has 1 heterocycles. The van der Waals surface area contributed by atoms with Gasteiger partial charge in [-0.3, -0.25) is 0 Å². The molecular formula is C19H20N2O5. The van der Waals surface area contributed by atoms with Gasteiger partial charge in [0.1, 0.15) is 19.3 Å². The molecule has 1 atom stereocenters. The fourth-order valence-corrected chi connectivity index (χ4v) is 2.63. The van der Waals surface area contributed by atoms with E-state index in [9.17, 15) is 9.59 Å². The summed E-state index contributed by atoms with van der Waals surface area (Å²) >= 11 is 0. The molecule has 0 fully saturated rings. The fraction of sp³-hybridized carbons (Fsp3) is 0.263. The van der Waals surface area contributed by atoms with Crippen LogP contribution in [0.3, 0.4) is 0 Å². The number of urea groups is 1. The van der Waals surface area contributed by atoms with Gasteiger partial charge in [0.05, 0.1) is 7.11 Å². The van der Waals surface area contributed by atoms with Crippen molar-refractivity contribution in [1.29, 1.82) is 0 Å². The quantitative estimate of drug-likeness (QED) is 0.804. The van der Waals surface area contributed by atoms with Crippen LogP contribution < -0.4 is 20.1 Å². The van der Waals surface area contributed by atoms with Gasteiger partial charge < -0.3 is 24.8 Å². The first-order chi connectivity index (χ1) is 12.7. The minimum atomic E-state index is -0.792. The van der Waals surface area contributed by atoms with Gasteiger partial charge >= 0.3 is 12.0 Å². The van der Waals surface area contributed by atoms with Crippen molar-refractivity contribution in [2.75, 3.05) is 25.6 Å². The molecule has 1 aliphatic heterocycles. The van der Waals surface area contributed by atoms with E-state index >= 15 is 0 Å². The predicted molar refractivity (Wildman–Crippen MR) is 95.5 cm³/mol. The summed E-state index contributed by atoms with van der Waals surface area (Å²) in [5.41, 5.74) is 1.46. The zero-order valence-corrected chi connectivity index (χ0v) is 14.4. The van der Waals surface area contributed by atoms with Crippen LogP contribution in [-0.4, -0.2) is 38.4 Å². The van der Waals surface area contributed by atoms with Gasteiger partial charge in [-0.25, -0.2) is 9.59 Å². The van der Waals surface area contributed by atoms with E-state index in [1.54, 1.807) is 18.2 Å². The van der Waals surface area contributed by atoms with E-state index in [4.69, 9.17) is 14.2 Å². The second-order valence-corrected chi connectivity index (χ2v) is 5.72. The molecule has 7 nitrogen and oxygen atoms in total. The van der Waals surface area contributed by atoms with Gasteiger partial charge in [-0.1, -0.05) is 30.3 Å². The van der Waals surface area contributed by atoms with Crippen molar-refractivity contribution >= 4 is 17.7 Å². The molecule has 1 aliphatic rings. The molecule has 2 aromatic carbocycles. The number of benzene rings is 2. The number of hydrogen-bond acceptors (Lipinski definition) is 5. The molecule has 0 spiro atoms. The molecule has 0 saturated carbocycles. The zero-order chi connectivity index (χ0) is 18.4. The molecule has 2 aromatic rings. The van der Waals surface area contributed by atoms with E-state index in [-0.39, 0.29) is 0 Å². The number of esters is 1. The minimum absolute atomic E-state index is 0.335. The van der Waals surface area contributed by atoms with Crippen molar-refractivity contribution in [2.24, 2.45) is 0 Å². The molecule has 0 aliphatic carbocycles. The van der Waals surface area contributed by atoms with Crippen molar-refractivity contribution in [3.8, 4) is 11.5 Å². The lowest BCUT2D eigenvalue weighted by Crippen LogP contribution is -2.45. The average Bonchev–Trinajstić information content (AvgIpc) is 2.67. The first-order valence-electron chi connectivity index (χ1n) is 8.24. The Morgan fingerprint density at radius 1 is 1.08 bits per heavy atom. The highest BCUT2D eigenvalue weighted by molar-refractivity contribution is 5.93. The minimum Gasteiger partial charge on any atom is -0.486 e. The van der Waals surface area contributed by atoms with E-state index in [0.717, 1.165) is 5.56 Å². The Morgan fingerprint density at radius 2 is 1.81 bits per heavy atom. The monoisotopic (exact) mass is 356 g/mol. The summed E-state index contributed by atoms with van der Waals surface area (Å²) in [5, 5.41) is 5.34. The maximum atomic E-state index is 12.3. The third-order valence-electron chi connectivity index (χ3n) is 3.87. The highest BCUT2D eigenvalue weighted by atomic mass is 16.6. The first kappa shape index (κ1) is 17.6. The van der Waals surface area contributed by atoms with Crippen LogP contribution in [0, 0.1) is 0 Å². The number of rotatable bonds is 5. The normalized spacial score (nSPS) is 13.4. The van der Waals surface area contributed by atoms with Gasteiger partial charge in [0.25, 0.3) is 0 Å². The van der Waals surface area contributed by atoms with Gasteiger partial charge in [-0.05, 0) is 17.7 Å². The summed E-state index contributed by atoms with van der Waals surface area (Å²) in [5.74, 6) is 0.702. The van der Waals surface area contributed by atoms with Crippen LogP contribution in [0.2, 0.25) is 0 Å². The highest BCUT2D eigenvalue weighted by Crippen LogP contribution is 2.32. The lowest BCUT2D eigenvalue weighted by Gasteiger charge is -2.20. The average molecular weight is 356 g/mol. The second kappa shape index (κ2) is 8.24. The van der Waals surface area contributed by atoms with Crippen molar-refractivity contribution in [2.45, 2.75) is 12.5 Å². The van der Waals surface area contributed by atoms with E-state index in [1.807, 2.05) is 30.3 Å². The number of nitrogens with one attached hydrogen (secondary N) is 2. The molecule has 0 aromatic heterocycles. The number of fused-ring (bicyclic) bond motifs is 1. The van der Waals surface area contributed by atoms with E-state index < -0.39 is 18.0 Å². The van der Waals surface area contributed by atoms with Crippen molar-refractivity contribution in [3.63, 3.8) is 0 Å². The number of amides is 2. The Kier molecular flexibility index (Phi) is 5.58. The standard InChI is InChI=1S/C19H20N2O5/c1-24-18(22)15(11-13-5-3-2-4-6-13)21-19(23)20-14-7-8-16-17(12-14)26-10-9-25-16/h2-8,12,15H,9-11H2,1H3,(H2,20,21,23)/t15-/m0/s1. The van der Waals surface area contributed by atoms with E-state index in [0.29, 0.717) is 36.8 Å². The Hall–Kier alpha value is -3.22. The maximum Gasteiger partial charge on any atom is 0.328 e. The number of hydrogen-bond donors (Lipinski definition) is 2. The molecule has 7 heteroatoms. The topological polar surface area (TPSA) is 85.9 Å².